The molecule has 0 atom stereocenters. The Kier molecular flexibility index (Phi) is 11.2. The van der Waals surface area contributed by atoms with Crippen LogP contribution < -0.4 is 21.1 Å². The molecule has 1 saturated heterocycles. The number of carbonyl (C=O) groups excluding carboxylic acids is 3. The van der Waals surface area contributed by atoms with Crippen LogP contribution in [0.25, 0.3) is 21.6 Å². The minimum absolute atomic E-state index is 0.0173. The number of ether oxygens (including phenoxy) is 1. The Hall–Kier alpha value is -4.00. The van der Waals surface area contributed by atoms with E-state index in [-0.39, 0.29) is 50.8 Å². The zero-order valence-electron chi connectivity index (χ0n) is 25.2. The number of hydrogen-bond acceptors (Lipinski definition) is 7. The Balaban J connectivity index is 1.47. The number of hydrogen-bond donors (Lipinski definition) is 4. The molecule has 0 aliphatic carbocycles. The van der Waals surface area contributed by atoms with Gasteiger partial charge in [-0.15, -0.1) is 11.3 Å². The number of aliphatic hydroxyl groups is 1. The fraction of sp³-hybridized carbons (Fsp3) is 0.265. The number of thiophene rings is 1. The van der Waals surface area contributed by atoms with Crippen molar-refractivity contribution in [2.24, 2.45) is 5.73 Å². The number of carbonyl (C=O) groups is 3. The molecule has 5 rings (SSSR count). The van der Waals surface area contributed by atoms with Crippen molar-refractivity contribution in [3.8, 4) is 27.3 Å². The van der Waals surface area contributed by atoms with Crippen LogP contribution in [0.3, 0.4) is 0 Å². The molecule has 4 aromatic rings. The lowest BCUT2D eigenvalue weighted by molar-refractivity contribution is -0.126. The Bertz CT molecular complexity index is 1740. The van der Waals surface area contributed by atoms with Gasteiger partial charge in [0.25, 0.3) is 5.91 Å². The summed E-state index contributed by atoms with van der Waals surface area (Å²) >= 11 is 14.1. The number of rotatable bonds is 12. The summed E-state index contributed by atoms with van der Waals surface area (Å²) in [4.78, 5) is 41.3. The van der Waals surface area contributed by atoms with Crippen LogP contribution in [-0.2, 0) is 16.1 Å². The quantitative estimate of drug-likeness (QED) is 0.149. The maximum absolute atomic E-state index is 14.3. The summed E-state index contributed by atoms with van der Waals surface area (Å²) in [5, 5.41) is 15.9. The van der Waals surface area contributed by atoms with Crippen LogP contribution in [-0.4, -0.2) is 66.1 Å². The summed E-state index contributed by atoms with van der Waals surface area (Å²) < 4.78 is 19.6. The average Bonchev–Trinajstić information content (AvgIpc) is 3.45. The van der Waals surface area contributed by atoms with Gasteiger partial charge in [-0.2, -0.15) is 0 Å². The summed E-state index contributed by atoms with van der Waals surface area (Å²) in [6.45, 7) is 0.228. The third kappa shape index (κ3) is 7.94. The van der Waals surface area contributed by atoms with Gasteiger partial charge in [0.05, 0.1) is 6.54 Å². The monoisotopic (exact) mass is 698 g/mol. The van der Waals surface area contributed by atoms with Gasteiger partial charge in [-0.25, -0.2) is 4.39 Å². The molecule has 2 heterocycles. The van der Waals surface area contributed by atoms with Crippen molar-refractivity contribution < 1.29 is 28.6 Å². The second kappa shape index (κ2) is 15.3. The van der Waals surface area contributed by atoms with Gasteiger partial charge in [0.2, 0.25) is 11.8 Å². The maximum atomic E-state index is 14.3. The average molecular weight is 700 g/mol. The molecule has 9 nitrogen and oxygen atoms in total. The molecule has 1 aliphatic rings. The van der Waals surface area contributed by atoms with Gasteiger partial charge in [-0.1, -0.05) is 65.7 Å². The van der Waals surface area contributed by atoms with E-state index in [2.05, 4.69) is 10.6 Å². The largest absolute Gasteiger partial charge is 0.489 e. The first-order valence-electron chi connectivity index (χ1n) is 14.9. The SMILES string of the molecule is NC(=O)C1(NCc2ccc(F)cc2)CCN(C(=O)c2sc(-c3ccccc3Cl)c(-c3ccc(Cl)cc3)c2OCCNC(=O)CO)CC1. The van der Waals surface area contributed by atoms with Crippen LogP contribution in [0.15, 0.2) is 72.8 Å². The Morgan fingerprint density at radius 2 is 1.68 bits per heavy atom. The minimum atomic E-state index is -1.05. The zero-order valence-corrected chi connectivity index (χ0v) is 27.6. The van der Waals surface area contributed by atoms with Crippen molar-refractivity contribution >= 4 is 52.3 Å². The number of halogens is 3. The summed E-state index contributed by atoms with van der Waals surface area (Å²) in [6, 6.07) is 20.4. The standard InChI is InChI=1S/C34H33Cl2FN4O5S/c35-23-9-7-22(8-10-23)28-29(46-18-15-39-27(43)20-42)31(47-30(28)25-3-1-2-4-26(25)36)32(44)41-16-13-34(14-17-41,33(38)45)40-19-21-5-11-24(37)12-6-21/h1-12,40,42H,13-20H2,(H2,38,45)(H,39,43). The topological polar surface area (TPSA) is 134 Å². The van der Waals surface area contributed by atoms with E-state index in [1.807, 2.05) is 30.3 Å². The molecule has 1 aromatic heterocycles. The molecule has 13 heteroatoms. The lowest BCUT2D eigenvalue weighted by Gasteiger charge is -2.40. The summed E-state index contributed by atoms with van der Waals surface area (Å²) in [7, 11) is 0. The number of primary amides is 1. The highest BCUT2D eigenvalue weighted by Gasteiger charge is 2.41. The Morgan fingerprint density at radius 1 is 1.00 bits per heavy atom. The van der Waals surface area contributed by atoms with E-state index in [9.17, 15) is 18.8 Å². The summed E-state index contributed by atoms with van der Waals surface area (Å²) in [6.07, 6.45) is 0.539. The smallest absolute Gasteiger partial charge is 0.267 e. The zero-order chi connectivity index (χ0) is 33.6. The predicted octanol–water partition coefficient (Wildman–Crippen LogP) is 5.27. The molecule has 47 heavy (non-hydrogen) atoms. The molecule has 0 bridgehead atoms. The Morgan fingerprint density at radius 3 is 2.32 bits per heavy atom. The van der Waals surface area contributed by atoms with E-state index in [0.717, 1.165) is 11.1 Å². The fourth-order valence-corrected chi connectivity index (χ4v) is 7.11. The second-order valence-electron chi connectivity index (χ2n) is 11.0. The minimum Gasteiger partial charge on any atom is -0.489 e. The first-order chi connectivity index (χ1) is 22.6. The predicted molar refractivity (Wildman–Crippen MR) is 181 cm³/mol. The van der Waals surface area contributed by atoms with Gasteiger partial charge < -0.3 is 25.8 Å². The first kappa shape index (κ1) is 34.3. The number of nitrogens with two attached hydrogens (primary N) is 1. The van der Waals surface area contributed by atoms with Crippen molar-refractivity contribution in [3.05, 3.63) is 99.1 Å². The molecular formula is C34H33Cl2FN4O5S. The van der Waals surface area contributed by atoms with E-state index >= 15 is 0 Å². The van der Waals surface area contributed by atoms with Gasteiger partial charge in [0, 0.05) is 45.7 Å². The number of benzene rings is 3. The van der Waals surface area contributed by atoms with Crippen LogP contribution in [0.1, 0.15) is 28.1 Å². The molecule has 5 N–H and O–H groups in total. The highest BCUT2D eigenvalue weighted by atomic mass is 35.5. The molecule has 1 fully saturated rings. The molecule has 3 aromatic carbocycles. The van der Waals surface area contributed by atoms with Crippen molar-refractivity contribution in [1.82, 2.24) is 15.5 Å². The maximum Gasteiger partial charge on any atom is 0.267 e. The van der Waals surface area contributed by atoms with Crippen LogP contribution in [0.4, 0.5) is 4.39 Å². The van der Waals surface area contributed by atoms with Crippen molar-refractivity contribution in [2.75, 3.05) is 32.8 Å². The third-order valence-corrected chi connectivity index (χ3v) is 9.82. The van der Waals surface area contributed by atoms with Crippen LogP contribution in [0.2, 0.25) is 10.0 Å². The van der Waals surface area contributed by atoms with Crippen molar-refractivity contribution in [1.29, 1.82) is 0 Å². The number of aliphatic hydroxyl groups excluding tert-OH is 1. The number of likely N-dealkylation sites (tertiary alicyclic amines) is 1. The van der Waals surface area contributed by atoms with E-state index in [0.29, 0.717) is 43.2 Å². The van der Waals surface area contributed by atoms with Crippen LogP contribution >= 0.6 is 34.5 Å². The number of nitrogens with one attached hydrogen (secondary N) is 2. The lowest BCUT2D eigenvalue weighted by Crippen LogP contribution is -2.61. The van der Waals surface area contributed by atoms with E-state index in [4.69, 9.17) is 38.8 Å². The molecule has 1 aliphatic heterocycles. The number of piperidine rings is 1. The highest BCUT2D eigenvalue weighted by molar-refractivity contribution is 7.18. The summed E-state index contributed by atoms with van der Waals surface area (Å²) in [5.74, 6) is -1.41. The molecule has 0 radical (unpaired) electrons. The number of amides is 3. The van der Waals surface area contributed by atoms with Gasteiger partial charge >= 0.3 is 0 Å². The molecular weight excluding hydrogens is 666 g/mol. The lowest BCUT2D eigenvalue weighted by atomic mass is 9.86. The normalized spacial score (nSPS) is 14.1. The Labute approximate surface area is 285 Å². The van der Waals surface area contributed by atoms with Crippen molar-refractivity contribution in [2.45, 2.75) is 24.9 Å². The molecule has 0 saturated carbocycles. The van der Waals surface area contributed by atoms with Gasteiger partial charge in [-0.3, -0.25) is 19.7 Å². The first-order valence-corrected chi connectivity index (χ1v) is 16.5. The van der Waals surface area contributed by atoms with Gasteiger partial charge in [-0.05, 0) is 54.3 Å². The van der Waals surface area contributed by atoms with Gasteiger partial charge in [0.15, 0.2) is 5.75 Å². The van der Waals surface area contributed by atoms with Crippen LogP contribution in [0.5, 0.6) is 5.75 Å². The van der Waals surface area contributed by atoms with Crippen molar-refractivity contribution in [3.63, 3.8) is 0 Å². The molecule has 0 spiro atoms. The molecule has 0 unspecified atom stereocenters. The van der Waals surface area contributed by atoms with E-state index < -0.39 is 24.0 Å². The van der Waals surface area contributed by atoms with E-state index in [1.165, 1.54) is 23.5 Å². The van der Waals surface area contributed by atoms with Gasteiger partial charge in [0.1, 0.15) is 29.4 Å². The second-order valence-corrected chi connectivity index (χ2v) is 12.9. The highest BCUT2D eigenvalue weighted by Crippen LogP contribution is 2.50. The van der Waals surface area contributed by atoms with E-state index in [1.54, 1.807) is 35.2 Å². The number of nitrogens with zero attached hydrogens (tertiary/aromatic N) is 1. The van der Waals surface area contributed by atoms with Crippen LogP contribution in [0, 0.1) is 5.82 Å². The third-order valence-electron chi connectivity index (χ3n) is 8.04. The fourth-order valence-electron chi connectivity index (χ4n) is 5.43. The molecule has 3 amide bonds. The summed E-state index contributed by atoms with van der Waals surface area (Å²) in [5.41, 5.74) is 7.70. The molecule has 246 valence electrons.